The molecule has 1 fully saturated rings. The maximum absolute atomic E-state index is 10.5. The molecule has 1 aromatic heterocycles. The Morgan fingerprint density at radius 3 is 2.42 bits per heavy atom. The summed E-state index contributed by atoms with van der Waals surface area (Å²) in [5.41, 5.74) is 5.18. The van der Waals surface area contributed by atoms with Crippen LogP contribution in [0.25, 0.3) is 0 Å². The van der Waals surface area contributed by atoms with Crippen molar-refractivity contribution in [3.05, 3.63) is 40.6 Å². The van der Waals surface area contributed by atoms with Crippen LogP contribution in [0.2, 0.25) is 0 Å². The first-order chi connectivity index (χ1) is 15.8. The number of pyridine rings is 1. The molecule has 2 aliphatic heterocycles. The van der Waals surface area contributed by atoms with Crippen molar-refractivity contribution < 1.29 is 9.84 Å². The summed E-state index contributed by atoms with van der Waals surface area (Å²) in [6, 6.07) is 4.23. The Bertz CT molecular complexity index is 996. The fourth-order valence-corrected chi connectivity index (χ4v) is 5.44. The van der Waals surface area contributed by atoms with Crippen LogP contribution in [-0.2, 0) is 6.42 Å². The smallest absolute Gasteiger partial charge is 0.152 e. The Labute approximate surface area is 199 Å². The molecular formula is C27H40N4O2. The zero-order chi connectivity index (χ0) is 23.8. The van der Waals surface area contributed by atoms with Gasteiger partial charge in [0.15, 0.2) is 5.82 Å². The number of rotatable bonds is 6. The first-order valence-electron chi connectivity index (χ1n) is 12.5. The Morgan fingerprint density at radius 1 is 1.06 bits per heavy atom. The van der Waals surface area contributed by atoms with E-state index in [2.05, 4.69) is 48.5 Å². The van der Waals surface area contributed by atoms with Crippen molar-refractivity contribution in [3.63, 3.8) is 0 Å². The number of phenolic OH excluding ortho intramolecular Hbond substituents is 1. The number of fused-ring (bicyclic) bond motifs is 1. The minimum Gasteiger partial charge on any atom is -0.507 e. The van der Waals surface area contributed by atoms with E-state index in [4.69, 9.17) is 9.72 Å². The summed E-state index contributed by atoms with van der Waals surface area (Å²) in [5.74, 6) is 2.53. The van der Waals surface area contributed by atoms with E-state index < -0.39 is 0 Å². The quantitative estimate of drug-likeness (QED) is 0.698. The van der Waals surface area contributed by atoms with Crippen LogP contribution in [-0.4, -0.2) is 66.4 Å². The van der Waals surface area contributed by atoms with Crippen LogP contribution in [0.15, 0.2) is 18.3 Å². The number of anilines is 2. The van der Waals surface area contributed by atoms with E-state index in [1.165, 1.54) is 11.3 Å². The summed E-state index contributed by atoms with van der Waals surface area (Å²) in [6.07, 6.45) is 3.83. The molecule has 6 nitrogen and oxygen atoms in total. The Morgan fingerprint density at radius 2 is 1.76 bits per heavy atom. The Hall–Kier alpha value is -2.47. The number of ether oxygens (including phenoxy) is 1. The molecule has 1 N–H and O–H groups in total. The minimum absolute atomic E-state index is 0.215. The second-order valence-electron chi connectivity index (χ2n) is 9.86. The summed E-state index contributed by atoms with van der Waals surface area (Å²) in [5, 5.41) is 10.5. The van der Waals surface area contributed by atoms with Gasteiger partial charge in [-0.25, -0.2) is 4.98 Å². The Balaban J connectivity index is 1.44. The summed E-state index contributed by atoms with van der Waals surface area (Å²) < 4.78 is 6.68. The largest absolute Gasteiger partial charge is 0.507 e. The van der Waals surface area contributed by atoms with E-state index in [-0.39, 0.29) is 5.60 Å². The van der Waals surface area contributed by atoms with Gasteiger partial charge >= 0.3 is 0 Å². The first-order valence-corrected chi connectivity index (χ1v) is 12.5. The number of hydrogen-bond donors (Lipinski definition) is 1. The lowest BCUT2D eigenvalue weighted by atomic mass is 9.87. The number of nitrogens with zero attached hydrogens (tertiary/aromatic N) is 4. The molecule has 2 aliphatic rings. The second-order valence-corrected chi connectivity index (χ2v) is 9.86. The van der Waals surface area contributed by atoms with Gasteiger partial charge in [-0.3, -0.25) is 4.90 Å². The third-order valence-corrected chi connectivity index (χ3v) is 7.69. The van der Waals surface area contributed by atoms with E-state index in [9.17, 15) is 5.11 Å². The van der Waals surface area contributed by atoms with Gasteiger partial charge in [-0.2, -0.15) is 0 Å². The maximum atomic E-state index is 10.5. The third kappa shape index (κ3) is 4.50. The lowest BCUT2D eigenvalue weighted by molar-refractivity contribution is 0.0226. The summed E-state index contributed by atoms with van der Waals surface area (Å²) in [7, 11) is 0. The SMILES string of the molecule is CCN(CC)c1cccnc1N1CCN(CC2(C)CCc3c(C)c(O)c(C)c(C)c3O2)CC1. The third-order valence-electron chi connectivity index (χ3n) is 7.69. The predicted molar refractivity (Wildman–Crippen MR) is 136 cm³/mol. The molecule has 0 spiro atoms. The summed E-state index contributed by atoms with van der Waals surface area (Å²) in [6.45, 7) is 19.6. The van der Waals surface area contributed by atoms with Crippen molar-refractivity contribution in [1.82, 2.24) is 9.88 Å². The molecule has 0 saturated carbocycles. The predicted octanol–water partition coefficient (Wildman–Crippen LogP) is 4.46. The minimum atomic E-state index is -0.215. The van der Waals surface area contributed by atoms with Gasteiger partial charge in [0.05, 0.1) is 5.69 Å². The molecule has 4 rings (SSSR count). The summed E-state index contributed by atoms with van der Waals surface area (Å²) in [4.78, 5) is 12.1. The van der Waals surface area contributed by atoms with Crippen molar-refractivity contribution in [2.75, 3.05) is 55.6 Å². The molecule has 1 atom stereocenters. The monoisotopic (exact) mass is 452 g/mol. The van der Waals surface area contributed by atoms with Crippen LogP contribution in [0.3, 0.4) is 0 Å². The molecule has 1 aromatic carbocycles. The first kappa shape index (κ1) is 23.7. The van der Waals surface area contributed by atoms with E-state index >= 15 is 0 Å². The van der Waals surface area contributed by atoms with Crippen LogP contribution in [0.1, 0.15) is 49.4 Å². The molecule has 6 heteroatoms. The van der Waals surface area contributed by atoms with Crippen LogP contribution < -0.4 is 14.5 Å². The summed E-state index contributed by atoms with van der Waals surface area (Å²) >= 11 is 0. The van der Waals surface area contributed by atoms with Crippen LogP contribution in [0, 0.1) is 20.8 Å². The van der Waals surface area contributed by atoms with Gasteiger partial charge in [0.25, 0.3) is 0 Å². The van der Waals surface area contributed by atoms with Crippen molar-refractivity contribution >= 4 is 11.5 Å². The fraction of sp³-hybridized carbons (Fsp3) is 0.593. The molecule has 33 heavy (non-hydrogen) atoms. The zero-order valence-corrected chi connectivity index (χ0v) is 21.2. The van der Waals surface area contributed by atoms with E-state index in [1.54, 1.807) is 0 Å². The van der Waals surface area contributed by atoms with E-state index in [0.29, 0.717) is 5.75 Å². The zero-order valence-electron chi connectivity index (χ0n) is 21.2. The number of phenols is 1. The van der Waals surface area contributed by atoms with Crippen LogP contribution >= 0.6 is 0 Å². The second kappa shape index (κ2) is 9.41. The van der Waals surface area contributed by atoms with Crippen molar-refractivity contribution in [2.45, 2.75) is 60.0 Å². The van der Waals surface area contributed by atoms with Crippen LogP contribution in [0.5, 0.6) is 11.5 Å². The highest BCUT2D eigenvalue weighted by Crippen LogP contribution is 2.43. The Kier molecular flexibility index (Phi) is 6.76. The lowest BCUT2D eigenvalue weighted by Crippen LogP contribution is -2.54. The molecule has 0 radical (unpaired) electrons. The molecule has 0 bridgehead atoms. The van der Waals surface area contributed by atoms with Gasteiger partial charge in [0.2, 0.25) is 0 Å². The van der Waals surface area contributed by atoms with Gasteiger partial charge in [-0.15, -0.1) is 0 Å². The maximum Gasteiger partial charge on any atom is 0.152 e. The average Bonchev–Trinajstić information content (AvgIpc) is 2.83. The number of piperazine rings is 1. The number of benzene rings is 1. The van der Waals surface area contributed by atoms with Gasteiger partial charge in [0.1, 0.15) is 17.1 Å². The van der Waals surface area contributed by atoms with Gasteiger partial charge in [-0.1, -0.05) is 0 Å². The molecular weight excluding hydrogens is 412 g/mol. The molecule has 0 aliphatic carbocycles. The van der Waals surface area contributed by atoms with E-state index in [1.807, 2.05) is 26.1 Å². The highest BCUT2D eigenvalue weighted by molar-refractivity contribution is 5.67. The van der Waals surface area contributed by atoms with Gasteiger partial charge in [-0.05, 0) is 83.2 Å². The average molecular weight is 453 g/mol. The number of aromatic nitrogens is 1. The van der Waals surface area contributed by atoms with Gasteiger partial charge < -0.3 is 19.6 Å². The highest BCUT2D eigenvalue weighted by atomic mass is 16.5. The number of aromatic hydroxyl groups is 1. The highest BCUT2D eigenvalue weighted by Gasteiger charge is 2.37. The van der Waals surface area contributed by atoms with Crippen molar-refractivity contribution in [2.24, 2.45) is 0 Å². The molecule has 1 saturated heterocycles. The molecule has 1 unspecified atom stereocenters. The van der Waals surface area contributed by atoms with Crippen LogP contribution in [0.4, 0.5) is 11.5 Å². The fourth-order valence-electron chi connectivity index (χ4n) is 5.44. The van der Waals surface area contributed by atoms with Crippen molar-refractivity contribution in [3.8, 4) is 11.5 Å². The molecule has 180 valence electrons. The van der Waals surface area contributed by atoms with E-state index in [0.717, 1.165) is 86.9 Å². The van der Waals surface area contributed by atoms with Gasteiger partial charge in [0, 0.05) is 57.6 Å². The van der Waals surface area contributed by atoms with Crippen molar-refractivity contribution in [1.29, 1.82) is 0 Å². The molecule has 0 amide bonds. The standard InChI is InChI=1S/C27H40N4O2/c1-7-30(8-2)23-10-9-13-28-26(23)31-16-14-29(15-17-31)18-27(6)12-11-22-21(5)24(32)19(3)20(4)25(22)33-27/h9-10,13,32H,7-8,11-12,14-18H2,1-6H3. The molecule has 2 aromatic rings. The lowest BCUT2D eigenvalue weighted by Gasteiger charge is -2.43. The number of hydrogen-bond acceptors (Lipinski definition) is 6. The molecule has 3 heterocycles. The normalized spacial score (nSPS) is 21.0. The topological polar surface area (TPSA) is 52.1 Å².